The van der Waals surface area contributed by atoms with E-state index in [0.717, 1.165) is 10.8 Å². The molecule has 0 aliphatic rings. The first kappa shape index (κ1) is 18.4. The molecule has 2 aromatic rings. The minimum Gasteiger partial charge on any atom is -0.352 e. The summed E-state index contributed by atoms with van der Waals surface area (Å²) in [6.45, 7) is 4.51. The van der Waals surface area contributed by atoms with Crippen molar-refractivity contribution in [1.82, 2.24) is 15.5 Å². The lowest BCUT2D eigenvalue weighted by Gasteiger charge is -2.05. The number of anilines is 1. The number of benzene rings is 1. The highest BCUT2D eigenvalue weighted by atomic mass is 32.2. The normalized spacial score (nSPS) is 11.8. The van der Waals surface area contributed by atoms with Gasteiger partial charge in [0.1, 0.15) is 0 Å². The van der Waals surface area contributed by atoms with Gasteiger partial charge in [0.15, 0.2) is 4.34 Å². The molecule has 1 heterocycles. The fraction of sp³-hybridized carbons (Fsp3) is 0.375. The Morgan fingerprint density at radius 3 is 2.71 bits per heavy atom. The molecule has 128 valence electrons. The first-order chi connectivity index (χ1) is 11.6. The number of aromatic nitrogens is 2. The van der Waals surface area contributed by atoms with Gasteiger partial charge in [-0.25, -0.2) is 0 Å². The summed E-state index contributed by atoms with van der Waals surface area (Å²) in [7, 11) is 0. The fourth-order valence-electron chi connectivity index (χ4n) is 1.73. The monoisotopic (exact) mass is 364 g/mol. The van der Waals surface area contributed by atoms with Crippen molar-refractivity contribution in [2.45, 2.75) is 36.3 Å². The van der Waals surface area contributed by atoms with Crippen LogP contribution in [0.4, 0.5) is 5.13 Å². The number of carbonyl (C=O) groups is 2. The van der Waals surface area contributed by atoms with Gasteiger partial charge in [0, 0.05) is 23.8 Å². The molecule has 1 aromatic heterocycles. The third kappa shape index (κ3) is 5.93. The van der Waals surface area contributed by atoms with Crippen LogP contribution in [-0.4, -0.2) is 33.8 Å². The fourth-order valence-corrected chi connectivity index (χ4v) is 3.74. The molecule has 0 saturated heterocycles. The number of amides is 2. The largest absolute Gasteiger partial charge is 0.352 e. The van der Waals surface area contributed by atoms with E-state index in [2.05, 4.69) is 34.7 Å². The number of nitrogens with zero attached hydrogens (tertiary/aromatic N) is 2. The molecule has 8 heteroatoms. The van der Waals surface area contributed by atoms with Crippen LogP contribution in [0.2, 0.25) is 0 Å². The molecule has 2 N–H and O–H groups in total. The summed E-state index contributed by atoms with van der Waals surface area (Å²) in [5.41, 5.74) is 0.578. The summed E-state index contributed by atoms with van der Waals surface area (Å²) in [5.74, 6) is -0.383. The Hall–Kier alpha value is -1.93. The Morgan fingerprint density at radius 1 is 1.25 bits per heavy atom. The van der Waals surface area contributed by atoms with E-state index in [4.69, 9.17) is 0 Å². The van der Waals surface area contributed by atoms with Gasteiger partial charge in [0.2, 0.25) is 11.0 Å². The Morgan fingerprint density at radius 2 is 2.00 bits per heavy atom. The topological polar surface area (TPSA) is 84.0 Å². The molecular formula is C16H20N4O2S2. The van der Waals surface area contributed by atoms with Gasteiger partial charge in [-0.05, 0) is 18.6 Å². The third-order valence-electron chi connectivity index (χ3n) is 3.20. The molecular weight excluding hydrogens is 344 g/mol. The smallest absolute Gasteiger partial charge is 0.251 e. The highest BCUT2D eigenvalue weighted by molar-refractivity contribution is 8.01. The number of hydrogen-bond donors (Lipinski definition) is 2. The molecule has 0 aliphatic carbocycles. The number of rotatable bonds is 8. The molecule has 1 aromatic carbocycles. The van der Waals surface area contributed by atoms with Gasteiger partial charge >= 0.3 is 0 Å². The maximum absolute atomic E-state index is 11.9. The summed E-state index contributed by atoms with van der Waals surface area (Å²) < 4.78 is 0.844. The van der Waals surface area contributed by atoms with Crippen LogP contribution in [0, 0.1) is 0 Å². The third-order valence-corrected chi connectivity index (χ3v) is 5.39. The van der Waals surface area contributed by atoms with Crippen LogP contribution in [0.5, 0.6) is 0 Å². The van der Waals surface area contributed by atoms with Crippen molar-refractivity contribution in [3.8, 4) is 0 Å². The lowest BCUT2D eigenvalue weighted by Crippen LogP contribution is -2.27. The maximum atomic E-state index is 11.9. The molecule has 24 heavy (non-hydrogen) atoms. The lowest BCUT2D eigenvalue weighted by atomic mass is 10.2. The van der Waals surface area contributed by atoms with E-state index in [1.807, 2.05) is 6.07 Å². The zero-order chi connectivity index (χ0) is 17.4. The van der Waals surface area contributed by atoms with E-state index in [1.165, 1.54) is 11.3 Å². The van der Waals surface area contributed by atoms with Crippen LogP contribution in [0.15, 0.2) is 34.7 Å². The lowest BCUT2D eigenvalue weighted by molar-refractivity contribution is -0.116. The highest BCUT2D eigenvalue weighted by Gasteiger charge is 2.11. The molecule has 1 unspecified atom stereocenters. The van der Waals surface area contributed by atoms with Crippen molar-refractivity contribution in [2.24, 2.45) is 0 Å². The molecule has 0 bridgehead atoms. The molecule has 0 saturated carbocycles. The Kier molecular flexibility index (Phi) is 7.20. The number of carbonyl (C=O) groups excluding carboxylic acids is 2. The molecule has 0 radical (unpaired) electrons. The Bertz CT molecular complexity index is 676. The van der Waals surface area contributed by atoms with Gasteiger partial charge in [-0.1, -0.05) is 55.1 Å². The van der Waals surface area contributed by atoms with E-state index < -0.39 is 0 Å². The predicted octanol–water partition coefficient (Wildman–Crippen LogP) is 3.19. The van der Waals surface area contributed by atoms with E-state index in [1.54, 1.807) is 36.0 Å². The average Bonchev–Trinajstić information content (AvgIpc) is 3.02. The molecule has 0 aliphatic heterocycles. The average molecular weight is 364 g/mol. The zero-order valence-corrected chi connectivity index (χ0v) is 15.2. The van der Waals surface area contributed by atoms with Crippen LogP contribution in [0.1, 0.15) is 37.0 Å². The first-order valence-corrected chi connectivity index (χ1v) is 9.41. The summed E-state index contributed by atoms with van der Waals surface area (Å²) in [4.78, 5) is 23.7. The maximum Gasteiger partial charge on any atom is 0.251 e. The van der Waals surface area contributed by atoms with Gasteiger partial charge < -0.3 is 10.6 Å². The van der Waals surface area contributed by atoms with E-state index in [0.29, 0.717) is 15.9 Å². The van der Waals surface area contributed by atoms with Crippen molar-refractivity contribution >= 4 is 40.0 Å². The second kappa shape index (κ2) is 9.39. The second-order valence-electron chi connectivity index (χ2n) is 5.13. The van der Waals surface area contributed by atoms with E-state index in [-0.39, 0.29) is 24.8 Å². The quantitative estimate of drug-likeness (QED) is 0.555. The van der Waals surface area contributed by atoms with E-state index >= 15 is 0 Å². The van der Waals surface area contributed by atoms with Crippen molar-refractivity contribution in [3.63, 3.8) is 0 Å². The first-order valence-electron chi connectivity index (χ1n) is 7.71. The Balaban J connectivity index is 1.72. The Labute approximate surface area is 149 Å². The molecule has 6 nitrogen and oxygen atoms in total. The van der Waals surface area contributed by atoms with Gasteiger partial charge in [-0.3, -0.25) is 9.59 Å². The minimum absolute atomic E-state index is 0.187. The SMILES string of the molecule is CCC(C)Sc1nnc(NC(=O)CCNC(=O)c2ccccc2)s1. The van der Waals surface area contributed by atoms with Crippen molar-refractivity contribution in [3.05, 3.63) is 35.9 Å². The van der Waals surface area contributed by atoms with Crippen molar-refractivity contribution < 1.29 is 9.59 Å². The molecule has 0 spiro atoms. The van der Waals surface area contributed by atoms with Crippen LogP contribution in [0.25, 0.3) is 0 Å². The highest BCUT2D eigenvalue weighted by Crippen LogP contribution is 2.29. The zero-order valence-electron chi connectivity index (χ0n) is 13.6. The minimum atomic E-state index is -0.195. The molecule has 0 fully saturated rings. The van der Waals surface area contributed by atoms with Crippen LogP contribution >= 0.6 is 23.1 Å². The van der Waals surface area contributed by atoms with Gasteiger partial charge in [-0.15, -0.1) is 10.2 Å². The van der Waals surface area contributed by atoms with Crippen LogP contribution in [-0.2, 0) is 4.79 Å². The number of thioether (sulfide) groups is 1. The van der Waals surface area contributed by atoms with Crippen molar-refractivity contribution in [2.75, 3.05) is 11.9 Å². The predicted molar refractivity (Wildman–Crippen MR) is 97.5 cm³/mol. The number of hydrogen-bond acceptors (Lipinski definition) is 6. The molecule has 1 atom stereocenters. The standard InChI is InChI=1S/C16H20N4O2S2/c1-3-11(2)23-16-20-19-15(24-16)18-13(21)9-10-17-14(22)12-7-5-4-6-8-12/h4-8,11H,3,9-10H2,1-2H3,(H,17,22)(H,18,19,21). The summed E-state index contributed by atoms with van der Waals surface area (Å²) in [6, 6.07) is 8.90. The summed E-state index contributed by atoms with van der Waals surface area (Å²) >= 11 is 3.01. The van der Waals surface area contributed by atoms with Gasteiger partial charge in [0.25, 0.3) is 5.91 Å². The molecule has 2 rings (SSSR count). The molecule has 2 amide bonds. The van der Waals surface area contributed by atoms with Gasteiger partial charge in [0.05, 0.1) is 0 Å². The second-order valence-corrected chi connectivity index (χ2v) is 7.79. The summed E-state index contributed by atoms with van der Waals surface area (Å²) in [5, 5.41) is 14.4. The van der Waals surface area contributed by atoms with Crippen molar-refractivity contribution in [1.29, 1.82) is 0 Å². The number of nitrogens with one attached hydrogen (secondary N) is 2. The van der Waals surface area contributed by atoms with Crippen LogP contribution < -0.4 is 10.6 Å². The van der Waals surface area contributed by atoms with E-state index in [9.17, 15) is 9.59 Å². The van der Waals surface area contributed by atoms with Gasteiger partial charge in [-0.2, -0.15) is 0 Å². The van der Waals surface area contributed by atoms with Crippen LogP contribution in [0.3, 0.4) is 0 Å². The summed E-state index contributed by atoms with van der Waals surface area (Å²) in [6.07, 6.45) is 1.24.